The fourth-order valence-electron chi connectivity index (χ4n) is 7.72. The summed E-state index contributed by atoms with van der Waals surface area (Å²) >= 11 is 5.37. The zero-order valence-corrected chi connectivity index (χ0v) is 45.8. The van der Waals surface area contributed by atoms with Crippen molar-refractivity contribution in [3.05, 3.63) is 119 Å². The van der Waals surface area contributed by atoms with Crippen molar-refractivity contribution in [3.8, 4) is 130 Å². The highest BCUT2D eigenvalue weighted by atomic mass is 32.1. The molecule has 5 atom stereocenters. The Morgan fingerprint density at radius 1 is 0.737 bits per heavy atom. The van der Waals surface area contributed by atoms with Gasteiger partial charge in [0.15, 0.2) is 4.99 Å². The lowest BCUT2D eigenvalue weighted by Gasteiger charge is -2.39. The smallest absolute Gasteiger partial charge is 0.259 e. The second-order valence-corrected chi connectivity index (χ2v) is 18.6. The lowest BCUT2D eigenvalue weighted by atomic mass is 9.79. The molecule has 0 bridgehead atoms. The van der Waals surface area contributed by atoms with E-state index in [1.54, 1.807) is 21.1 Å². The average molecular weight is 1040 g/mol. The minimum Gasteiger partial charge on any atom is -0.497 e. The summed E-state index contributed by atoms with van der Waals surface area (Å²) in [5.41, 5.74) is 1.61. The van der Waals surface area contributed by atoms with Crippen LogP contribution in [0.3, 0.4) is 0 Å². The minimum absolute atomic E-state index is 0.0898. The van der Waals surface area contributed by atoms with Gasteiger partial charge in [0, 0.05) is 42.4 Å². The van der Waals surface area contributed by atoms with Crippen molar-refractivity contribution in [1.29, 1.82) is 0 Å². The van der Waals surface area contributed by atoms with Crippen LogP contribution in [0.25, 0.3) is 4.85 Å². The summed E-state index contributed by atoms with van der Waals surface area (Å²) in [6, 6.07) is 25.5. The lowest BCUT2D eigenvalue weighted by Crippen LogP contribution is -2.41. The molecule has 1 saturated heterocycles. The number of allylic oxidation sites excluding steroid dienone is 2. The van der Waals surface area contributed by atoms with Gasteiger partial charge in [0.25, 0.3) is 8.53 Å². The van der Waals surface area contributed by atoms with Crippen molar-refractivity contribution in [2.24, 2.45) is 5.92 Å². The molecule has 1 fully saturated rings. The molecule has 0 aliphatic carbocycles. The Hall–Kier alpha value is -7.73. The van der Waals surface area contributed by atoms with E-state index in [0.717, 1.165) is 47.5 Å². The van der Waals surface area contributed by atoms with Crippen LogP contribution in [0.2, 0.25) is 0 Å². The maximum Gasteiger partial charge on any atom is 0.259 e. The molecule has 0 saturated carbocycles. The van der Waals surface area contributed by atoms with Gasteiger partial charge in [-0.2, -0.15) is 0 Å². The van der Waals surface area contributed by atoms with Crippen molar-refractivity contribution >= 4 is 33.6 Å². The number of ether oxygens (including phenoxy) is 4. The Labute approximate surface area is 460 Å². The first kappa shape index (κ1) is 60.8. The first-order valence-electron chi connectivity index (χ1n) is 24.6. The standard InChI is InChI=1S/C64H59BN3O6PS/c1-9-10-11-12-13-14-15-16-17-18-19-20-21-22-23-24-25-28-34-39-61(76)67-48-35-29-26-27-33-38-59-62(74-75(72-50-49-66-6)68(52(2)3)53(4)5)60(73-63(59)65)51-71-64(54-36-31-30-32-37-54,55-40-44-57(69-7)45-41-55)56-42-46-58(70-8)47-43-56/h27,30-33,36-37,40-47,52-53,59-60,62-63H,26,29,35,38,48-51H2,1-5,7-8H3,(H,67,76)/b33-27+/t59-,60+,62?,63+,75?/m0/s1. The topological polar surface area (TPSA) is 75.0 Å². The van der Waals surface area contributed by atoms with Crippen LogP contribution in [0, 0.1) is 131 Å². The van der Waals surface area contributed by atoms with E-state index in [2.05, 4.69) is 185 Å². The van der Waals surface area contributed by atoms with Crippen molar-refractivity contribution in [2.45, 2.75) is 96.2 Å². The van der Waals surface area contributed by atoms with Gasteiger partial charge in [0.05, 0.1) is 26.9 Å². The van der Waals surface area contributed by atoms with E-state index in [9.17, 15) is 0 Å². The Morgan fingerprint density at radius 2 is 1.24 bits per heavy atom. The van der Waals surface area contributed by atoms with Crippen molar-refractivity contribution in [1.82, 2.24) is 9.99 Å². The number of rotatable bonds is 23. The van der Waals surface area contributed by atoms with Gasteiger partial charge in [-0.1, -0.05) is 84.9 Å². The summed E-state index contributed by atoms with van der Waals surface area (Å²) in [5, 5.41) is 3.17. The highest BCUT2D eigenvalue weighted by molar-refractivity contribution is 7.80. The second-order valence-electron chi connectivity index (χ2n) is 16.8. The maximum atomic E-state index is 7.45. The summed E-state index contributed by atoms with van der Waals surface area (Å²) in [6.07, 6.45) is 6.43. The van der Waals surface area contributed by atoms with E-state index in [1.165, 1.54) is 0 Å². The Morgan fingerprint density at radius 3 is 1.72 bits per heavy atom. The van der Waals surface area contributed by atoms with E-state index in [0.29, 0.717) is 18.0 Å². The molecule has 1 aliphatic rings. The van der Waals surface area contributed by atoms with Crippen LogP contribution in [0.5, 0.6) is 11.5 Å². The molecular weight excluding hydrogens is 981 g/mol. The second kappa shape index (κ2) is 35.5. The maximum absolute atomic E-state index is 7.45. The Bertz CT molecular complexity index is 3070. The molecule has 3 aromatic carbocycles. The average Bonchev–Trinajstić information content (AvgIpc) is 3.75. The number of nitrogens with one attached hydrogen (secondary N) is 1. The minimum atomic E-state index is -1.64. The van der Waals surface area contributed by atoms with E-state index in [4.69, 9.17) is 54.6 Å². The molecular formula is C64H59BN3O6PS. The Balaban J connectivity index is 1.44. The molecule has 380 valence electrons. The fourth-order valence-corrected chi connectivity index (χ4v) is 9.67. The molecule has 9 nitrogen and oxygen atoms in total. The van der Waals surface area contributed by atoms with Crippen LogP contribution in [-0.4, -0.2) is 88.3 Å². The first-order chi connectivity index (χ1) is 37.1. The van der Waals surface area contributed by atoms with Gasteiger partial charge in [-0.25, -0.2) is 11.2 Å². The number of unbranched alkanes of at least 4 members (excludes halogenated alkanes) is 2. The molecule has 0 aromatic heterocycles. The largest absolute Gasteiger partial charge is 0.497 e. The summed E-state index contributed by atoms with van der Waals surface area (Å²) in [4.78, 5) is 3.96. The summed E-state index contributed by atoms with van der Waals surface area (Å²) in [6.45, 7) is 18.8. The zero-order chi connectivity index (χ0) is 54.6. The number of hydrogen-bond acceptors (Lipinski definition) is 8. The number of thiocarbonyl (C=S) groups is 1. The normalized spacial score (nSPS) is 15.1. The molecule has 1 N–H and O–H groups in total. The van der Waals surface area contributed by atoms with Gasteiger partial charge < -0.3 is 38.2 Å². The van der Waals surface area contributed by atoms with Crippen LogP contribution in [0.15, 0.2) is 91.0 Å². The molecule has 4 rings (SSSR count). The van der Waals surface area contributed by atoms with E-state index in [1.807, 2.05) is 66.7 Å². The number of methoxy groups -OCH3 is 2. The number of nitrogens with zero attached hydrogens (tertiary/aromatic N) is 2. The predicted molar refractivity (Wildman–Crippen MR) is 309 cm³/mol. The highest BCUT2D eigenvalue weighted by Crippen LogP contribution is 2.51. The number of benzene rings is 3. The Kier molecular flexibility index (Phi) is 28.4. The molecule has 76 heavy (non-hydrogen) atoms. The van der Waals surface area contributed by atoms with Crippen molar-refractivity contribution in [2.75, 3.05) is 40.5 Å². The molecule has 2 radical (unpaired) electrons. The molecule has 1 aliphatic heterocycles. The predicted octanol–water partition coefficient (Wildman–Crippen LogP) is 9.28. The van der Waals surface area contributed by atoms with Gasteiger partial charge in [-0.15, -0.1) is 0 Å². The third kappa shape index (κ3) is 20.5. The van der Waals surface area contributed by atoms with Crippen LogP contribution in [0.4, 0.5) is 0 Å². The zero-order valence-electron chi connectivity index (χ0n) is 44.1. The lowest BCUT2D eigenvalue weighted by molar-refractivity contribution is -0.0717. The van der Waals surface area contributed by atoms with Crippen LogP contribution in [0.1, 0.15) is 77.0 Å². The number of hydrogen-bond donors (Lipinski definition) is 1. The summed E-state index contributed by atoms with van der Waals surface area (Å²) < 4.78 is 41.0. The van der Waals surface area contributed by atoms with Crippen molar-refractivity contribution < 1.29 is 28.0 Å². The monoisotopic (exact) mass is 1040 g/mol. The molecule has 3 aromatic rings. The van der Waals surface area contributed by atoms with Gasteiger partial charge >= 0.3 is 0 Å². The fraction of sp³-hybridized carbons (Fsp3) is 0.344. The summed E-state index contributed by atoms with van der Waals surface area (Å²) in [5.74, 6) is 53.0. The van der Waals surface area contributed by atoms with Gasteiger partial charge in [0.2, 0.25) is 6.54 Å². The van der Waals surface area contributed by atoms with Crippen LogP contribution >= 0.6 is 20.7 Å². The van der Waals surface area contributed by atoms with Crippen molar-refractivity contribution in [3.63, 3.8) is 0 Å². The SMILES string of the molecule is [B][C@@H]1O[C@H](COC(c2ccccc2)(c2ccc(OC)cc2)c2ccc(OC)cc2)C(OP(OCC[N+]#[C-])N(C(C)C)C(C)C)[C@@H]1C/C=C/CCCCNC(=S)C#CC#CC#CC#CC#CC#CC#CC#CC#CC#CC. The van der Waals surface area contributed by atoms with E-state index < -0.39 is 32.3 Å². The van der Waals surface area contributed by atoms with Gasteiger partial charge in [-0.05, 0) is 202 Å². The van der Waals surface area contributed by atoms with Gasteiger partial charge in [-0.3, -0.25) is 0 Å². The third-order valence-corrected chi connectivity index (χ3v) is 13.4. The van der Waals surface area contributed by atoms with Crippen LogP contribution < -0.4 is 14.8 Å². The van der Waals surface area contributed by atoms with E-state index in [-0.39, 0.29) is 37.8 Å². The molecule has 0 spiro atoms. The van der Waals surface area contributed by atoms with Gasteiger partial charge in [0.1, 0.15) is 37.7 Å². The van der Waals surface area contributed by atoms with Crippen LogP contribution in [-0.2, 0) is 24.1 Å². The first-order valence-corrected chi connectivity index (χ1v) is 26.1. The highest BCUT2D eigenvalue weighted by Gasteiger charge is 2.47. The quantitative estimate of drug-likeness (QED) is 0.0146. The molecule has 2 unspecified atom stereocenters. The molecule has 12 heteroatoms. The molecule has 0 amide bonds. The molecule has 1 heterocycles. The third-order valence-electron chi connectivity index (χ3n) is 11.1. The van der Waals surface area contributed by atoms with E-state index >= 15 is 0 Å². The summed E-state index contributed by atoms with van der Waals surface area (Å²) in [7, 11) is 8.59.